The highest BCUT2D eigenvalue weighted by molar-refractivity contribution is 5.67. The molecule has 0 aliphatic heterocycles. The minimum Gasteiger partial charge on any atom is -0.444 e. The van der Waals surface area contributed by atoms with Gasteiger partial charge in [0, 0.05) is 25.5 Å². The average molecular weight is 412 g/mol. The van der Waals surface area contributed by atoms with Crippen LogP contribution >= 0.6 is 0 Å². The largest absolute Gasteiger partial charge is 0.444 e. The van der Waals surface area contributed by atoms with Crippen molar-refractivity contribution in [3.63, 3.8) is 0 Å². The van der Waals surface area contributed by atoms with Crippen LogP contribution in [0.15, 0.2) is 54.9 Å². The second-order valence-corrected chi connectivity index (χ2v) is 8.13. The summed E-state index contributed by atoms with van der Waals surface area (Å²) in [7, 11) is 0. The topological polar surface area (TPSA) is 80.3 Å². The van der Waals surface area contributed by atoms with Crippen molar-refractivity contribution in [2.24, 2.45) is 0 Å². The number of carbonyl (C=O) groups excluding carboxylic acids is 2. The first-order valence-electron chi connectivity index (χ1n) is 9.86. The van der Waals surface area contributed by atoms with E-state index in [9.17, 15) is 9.59 Å². The van der Waals surface area contributed by atoms with Gasteiger partial charge in [0.05, 0.1) is 0 Å². The predicted molar refractivity (Wildman–Crippen MR) is 120 cm³/mol. The molecule has 30 heavy (non-hydrogen) atoms. The fourth-order valence-corrected chi connectivity index (χ4v) is 2.53. The number of aromatic nitrogens is 1. The van der Waals surface area contributed by atoms with Gasteiger partial charge in [0.15, 0.2) is 0 Å². The van der Waals surface area contributed by atoms with Crippen LogP contribution in [0, 0.1) is 6.92 Å². The van der Waals surface area contributed by atoms with Gasteiger partial charge in [-0.05, 0) is 63.3 Å². The molecule has 0 aliphatic rings. The molecule has 1 aromatic heterocycles. The lowest BCUT2D eigenvalue weighted by molar-refractivity contribution is -0.109. The number of hydrogen-bond donors (Lipinski definition) is 2. The maximum atomic E-state index is 11.8. The zero-order valence-corrected chi connectivity index (χ0v) is 18.6. The standard InChI is InChI=1S/C19H24N2O2.C5H9NO/c1-14-9-15(12-20-11-14)10-16-7-5-6-8-17(16)13-21-18(22)23-19(2,3)4;1-5(2)3-6-4-7/h5-9,11-12H,10,13H2,1-4H3,(H,21,22);4H,1,3H2,2H3,(H,6,7). The van der Waals surface area contributed by atoms with Crippen LogP contribution in [0.25, 0.3) is 0 Å². The van der Waals surface area contributed by atoms with E-state index in [0.717, 1.165) is 28.7 Å². The van der Waals surface area contributed by atoms with Crippen molar-refractivity contribution in [3.05, 3.63) is 77.1 Å². The summed E-state index contributed by atoms with van der Waals surface area (Å²) in [4.78, 5) is 25.6. The molecule has 2 aromatic rings. The van der Waals surface area contributed by atoms with E-state index < -0.39 is 11.7 Å². The third-order valence-corrected chi connectivity index (χ3v) is 3.75. The second-order valence-electron chi connectivity index (χ2n) is 8.13. The monoisotopic (exact) mass is 411 g/mol. The highest BCUT2D eigenvalue weighted by atomic mass is 16.6. The average Bonchev–Trinajstić information content (AvgIpc) is 2.65. The number of nitrogens with one attached hydrogen (secondary N) is 2. The number of aryl methyl sites for hydroxylation is 1. The molecule has 2 amide bonds. The van der Waals surface area contributed by atoms with E-state index >= 15 is 0 Å². The number of ether oxygens (including phenoxy) is 1. The Morgan fingerprint density at radius 2 is 1.87 bits per heavy atom. The number of rotatable bonds is 7. The molecule has 0 aliphatic carbocycles. The minimum absolute atomic E-state index is 0.399. The van der Waals surface area contributed by atoms with Gasteiger partial charge in [-0.1, -0.05) is 42.5 Å². The Kier molecular flexibility index (Phi) is 10.3. The number of hydrogen-bond acceptors (Lipinski definition) is 4. The highest BCUT2D eigenvalue weighted by Crippen LogP contribution is 2.15. The first kappa shape index (κ1) is 24.9. The number of alkyl carbamates (subject to hydrolysis) is 1. The fraction of sp³-hybridized carbons (Fsp3) is 0.375. The number of benzene rings is 1. The molecule has 2 rings (SSSR count). The van der Waals surface area contributed by atoms with Gasteiger partial charge in [0.25, 0.3) is 0 Å². The van der Waals surface area contributed by atoms with Crippen molar-refractivity contribution < 1.29 is 14.3 Å². The molecule has 0 saturated carbocycles. The Balaban J connectivity index is 0.000000553. The molecule has 0 unspecified atom stereocenters. The normalized spacial score (nSPS) is 10.3. The zero-order valence-electron chi connectivity index (χ0n) is 18.6. The van der Waals surface area contributed by atoms with E-state index in [4.69, 9.17) is 4.74 Å². The molecule has 0 atom stereocenters. The van der Waals surface area contributed by atoms with Crippen LogP contribution in [0.2, 0.25) is 0 Å². The van der Waals surface area contributed by atoms with Gasteiger partial charge in [-0.3, -0.25) is 9.78 Å². The SMILES string of the molecule is C=C(C)CNC=O.Cc1cncc(Cc2ccccc2CNC(=O)OC(C)(C)C)c1. The van der Waals surface area contributed by atoms with Crippen molar-refractivity contribution in [1.82, 2.24) is 15.6 Å². The highest BCUT2D eigenvalue weighted by Gasteiger charge is 2.16. The lowest BCUT2D eigenvalue weighted by Crippen LogP contribution is -2.32. The summed E-state index contributed by atoms with van der Waals surface area (Å²) in [5.41, 5.74) is 5.04. The van der Waals surface area contributed by atoms with Crippen LogP contribution in [0.1, 0.15) is 49.9 Å². The van der Waals surface area contributed by atoms with E-state index in [0.29, 0.717) is 19.5 Å². The minimum atomic E-state index is -0.489. The third kappa shape index (κ3) is 11.0. The van der Waals surface area contributed by atoms with Crippen LogP contribution in [0.4, 0.5) is 4.79 Å². The molecule has 6 nitrogen and oxygen atoms in total. The number of amides is 2. The van der Waals surface area contributed by atoms with Crippen LogP contribution in [0.3, 0.4) is 0 Å². The second kappa shape index (κ2) is 12.4. The van der Waals surface area contributed by atoms with Crippen molar-refractivity contribution in [1.29, 1.82) is 0 Å². The Morgan fingerprint density at radius 3 is 2.40 bits per heavy atom. The molecular formula is C24H33N3O3. The van der Waals surface area contributed by atoms with E-state index in [1.165, 1.54) is 5.56 Å². The molecule has 0 saturated heterocycles. The predicted octanol–water partition coefficient (Wildman–Crippen LogP) is 4.31. The summed E-state index contributed by atoms with van der Waals surface area (Å²) in [5.74, 6) is 0. The molecule has 162 valence electrons. The molecule has 1 aromatic carbocycles. The van der Waals surface area contributed by atoms with Gasteiger partial charge in [-0.15, -0.1) is 0 Å². The van der Waals surface area contributed by atoms with Crippen LogP contribution in [-0.2, 0) is 22.5 Å². The van der Waals surface area contributed by atoms with Gasteiger partial charge < -0.3 is 15.4 Å². The van der Waals surface area contributed by atoms with Crippen molar-refractivity contribution >= 4 is 12.5 Å². The van der Waals surface area contributed by atoms with E-state index in [1.54, 1.807) is 0 Å². The molecule has 1 heterocycles. The van der Waals surface area contributed by atoms with E-state index in [2.05, 4.69) is 34.3 Å². The molecule has 0 spiro atoms. The molecule has 6 heteroatoms. The van der Waals surface area contributed by atoms with Gasteiger partial charge in [-0.25, -0.2) is 4.79 Å². The summed E-state index contributed by atoms with van der Waals surface area (Å²) in [6, 6.07) is 10.2. The van der Waals surface area contributed by atoms with Gasteiger partial charge >= 0.3 is 6.09 Å². The number of pyridine rings is 1. The van der Waals surface area contributed by atoms with Crippen LogP contribution < -0.4 is 10.6 Å². The first-order chi connectivity index (χ1) is 14.1. The van der Waals surface area contributed by atoms with Gasteiger partial charge in [0.2, 0.25) is 6.41 Å². The smallest absolute Gasteiger partial charge is 0.407 e. The maximum absolute atomic E-state index is 11.8. The van der Waals surface area contributed by atoms with E-state index in [-0.39, 0.29) is 0 Å². The third-order valence-electron chi connectivity index (χ3n) is 3.75. The van der Waals surface area contributed by atoms with Crippen LogP contribution in [-0.4, -0.2) is 29.6 Å². The zero-order chi connectivity index (χ0) is 22.6. The Bertz CT molecular complexity index is 842. The van der Waals surface area contributed by atoms with Crippen molar-refractivity contribution in [3.8, 4) is 0 Å². The van der Waals surface area contributed by atoms with Crippen molar-refractivity contribution in [2.75, 3.05) is 6.54 Å². The Morgan fingerprint density at radius 1 is 1.20 bits per heavy atom. The Labute approximate surface area is 179 Å². The molecular weight excluding hydrogens is 378 g/mol. The summed E-state index contributed by atoms with van der Waals surface area (Å²) in [5, 5.41) is 5.28. The molecule has 0 radical (unpaired) electrons. The lowest BCUT2D eigenvalue weighted by Gasteiger charge is -2.20. The van der Waals surface area contributed by atoms with Gasteiger partial charge in [0.1, 0.15) is 5.60 Å². The Hall–Kier alpha value is -3.15. The summed E-state index contributed by atoms with van der Waals surface area (Å²) in [6.45, 7) is 14.1. The summed E-state index contributed by atoms with van der Waals surface area (Å²) >= 11 is 0. The summed E-state index contributed by atoms with van der Waals surface area (Å²) in [6.07, 6.45) is 4.78. The number of nitrogens with zero attached hydrogens (tertiary/aromatic N) is 1. The van der Waals surface area contributed by atoms with E-state index in [1.807, 2.05) is 65.2 Å². The fourth-order valence-electron chi connectivity index (χ4n) is 2.53. The molecule has 0 fully saturated rings. The van der Waals surface area contributed by atoms with Crippen LogP contribution in [0.5, 0.6) is 0 Å². The summed E-state index contributed by atoms with van der Waals surface area (Å²) < 4.78 is 5.27. The quantitative estimate of drug-likeness (QED) is 0.525. The molecule has 0 bridgehead atoms. The van der Waals surface area contributed by atoms with Gasteiger partial charge in [-0.2, -0.15) is 0 Å². The van der Waals surface area contributed by atoms with Crippen molar-refractivity contribution in [2.45, 2.75) is 53.2 Å². The maximum Gasteiger partial charge on any atom is 0.407 e. The number of carbonyl (C=O) groups is 2. The molecule has 2 N–H and O–H groups in total. The first-order valence-corrected chi connectivity index (χ1v) is 9.86. The lowest BCUT2D eigenvalue weighted by atomic mass is 10.00.